The normalized spacial score (nSPS) is 12.8. The van der Waals surface area contributed by atoms with E-state index in [0.717, 1.165) is 51.4 Å². The molecule has 0 aromatic heterocycles. The van der Waals surface area contributed by atoms with Crippen molar-refractivity contribution in [3.8, 4) is 0 Å². The summed E-state index contributed by atoms with van der Waals surface area (Å²) in [5, 5.41) is 26.6. The highest BCUT2D eigenvalue weighted by atomic mass is 16.4. The number of hydrogen-bond donors (Lipinski definition) is 6. The molecule has 4 amide bonds. The molecule has 0 aliphatic heterocycles. The Morgan fingerprint density at radius 2 is 0.893 bits per heavy atom. The summed E-state index contributed by atoms with van der Waals surface area (Å²) < 4.78 is 0. The average molecular weight is 402 g/mol. The van der Waals surface area contributed by atoms with E-state index in [4.69, 9.17) is 10.2 Å². The van der Waals surface area contributed by atoms with Gasteiger partial charge in [-0.2, -0.15) is 0 Å². The first-order valence-electron chi connectivity index (χ1n) is 9.78. The lowest BCUT2D eigenvalue weighted by atomic mass is 10.1. The largest absolute Gasteiger partial charge is 0.465 e. The number of rotatable bonds is 15. The van der Waals surface area contributed by atoms with E-state index >= 15 is 0 Å². The molecule has 0 aromatic rings. The second-order valence-electron chi connectivity index (χ2n) is 6.77. The van der Waals surface area contributed by atoms with Crippen molar-refractivity contribution >= 4 is 24.0 Å². The first-order chi connectivity index (χ1) is 13.2. The van der Waals surface area contributed by atoms with E-state index in [2.05, 4.69) is 10.6 Å². The maximum Gasteiger partial charge on any atom is 0.411 e. The molecule has 10 heteroatoms. The number of carbonyl (C=O) groups excluding carboxylic acids is 2. The third-order valence-electron chi connectivity index (χ3n) is 4.25. The van der Waals surface area contributed by atoms with Crippen LogP contribution < -0.4 is 21.3 Å². The molecule has 0 saturated carbocycles. The third kappa shape index (κ3) is 14.9. The van der Waals surface area contributed by atoms with Gasteiger partial charge in [0.25, 0.3) is 0 Å². The van der Waals surface area contributed by atoms with Crippen molar-refractivity contribution in [2.24, 2.45) is 0 Å². The number of carbonyl (C=O) groups is 4. The second kappa shape index (κ2) is 15.8. The molecule has 0 bridgehead atoms. The van der Waals surface area contributed by atoms with Gasteiger partial charge in [-0.3, -0.25) is 20.2 Å². The predicted octanol–water partition coefficient (Wildman–Crippen LogP) is 1.65. The number of unbranched alkanes of at least 4 members (excludes halogenated alkanes) is 7. The number of amides is 4. The molecule has 2 atom stereocenters. The van der Waals surface area contributed by atoms with Crippen molar-refractivity contribution in [2.75, 3.05) is 13.1 Å². The van der Waals surface area contributed by atoms with Crippen molar-refractivity contribution in [1.29, 1.82) is 0 Å². The van der Waals surface area contributed by atoms with Gasteiger partial charge in [0, 0.05) is 0 Å². The minimum atomic E-state index is -1.34. The summed E-state index contributed by atoms with van der Waals surface area (Å²) in [6.07, 6.45) is 5.80. The average Bonchev–Trinajstić information content (AvgIpc) is 2.60. The van der Waals surface area contributed by atoms with Crippen LogP contribution in [-0.2, 0) is 9.59 Å². The molecule has 0 spiro atoms. The lowest BCUT2D eigenvalue weighted by molar-refractivity contribution is -0.122. The Hall–Kier alpha value is -2.20. The molecule has 0 aromatic carbocycles. The van der Waals surface area contributed by atoms with Gasteiger partial charge in [-0.05, 0) is 39.8 Å². The molecule has 0 aliphatic carbocycles. The van der Waals surface area contributed by atoms with Gasteiger partial charge in [0.05, 0.1) is 12.1 Å². The van der Waals surface area contributed by atoms with Gasteiger partial charge in [-0.15, -0.1) is 0 Å². The highest BCUT2D eigenvalue weighted by Gasteiger charge is 2.14. The summed E-state index contributed by atoms with van der Waals surface area (Å²) in [5.41, 5.74) is 0. The van der Waals surface area contributed by atoms with Gasteiger partial charge < -0.3 is 20.8 Å². The van der Waals surface area contributed by atoms with Crippen LogP contribution in [0.1, 0.15) is 65.2 Å². The lowest BCUT2D eigenvalue weighted by Crippen LogP contribution is -2.44. The van der Waals surface area contributed by atoms with Crippen LogP contribution in [0.3, 0.4) is 0 Å². The predicted molar refractivity (Wildman–Crippen MR) is 104 cm³/mol. The van der Waals surface area contributed by atoms with Gasteiger partial charge in [0.1, 0.15) is 0 Å². The fraction of sp³-hybridized carbons (Fsp3) is 0.778. The molecule has 0 fully saturated rings. The summed E-state index contributed by atoms with van der Waals surface area (Å²) in [7, 11) is 0. The minimum absolute atomic E-state index is 0.525. The number of imide groups is 2. The maximum atomic E-state index is 11.4. The lowest BCUT2D eigenvalue weighted by Gasteiger charge is -2.12. The van der Waals surface area contributed by atoms with E-state index in [1.165, 1.54) is 0 Å². The van der Waals surface area contributed by atoms with Crippen molar-refractivity contribution in [2.45, 2.75) is 77.3 Å². The van der Waals surface area contributed by atoms with Crippen LogP contribution in [-0.4, -0.2) is 59.4 Å². The molecule has 10 nitrogen and oxygen atoms in total. The second-order valence-corrected chi connectivity index (χ2v) is 6.77. The van der Waals surface area contributed by atoms with Gasteiger partial charge in [-0.1, -0.05) is 38.5 Å². The fourth-order valence-electron chi connectivity index (χ4n) is 2.56. The van der Waals surface area contributed by atoms with E-state index in [1.807, 2.05) is 10.6 Å². The van der Waals surface area contributed by atoms with E-state index in [-0.39, 0.29) is 0 Å². The molecule has 6 N–H and O–H groups in total. The summed E-state index contributed by atoms with van der Waals surface area (Å²) in [4.78, 5) is 43.5. The van der Waals surface area contributed by atoms with Crippen LogP contribution in [0.2, 0.25) is 0 Å². The van der Waals surface area contributed by atoms with Crippen LogP contribution in [0.4, 0.5) is 9.59 Å². The van der Waals surface area contributed by atoms with E-state index in [9.17, 15) is 19.2 Å². The van der Waals surface area contributed by atoms with E-state index in [1.54, 1.807) is 13.8 Å². The Morgan fingerprint density at radius 3 is 1.18 bits per heavy atom. The molecule has 28 heavy (non-hydrogen) atoms. The molecule has 0 heterocycles. The van der Waals surface area contributed by atoms with Gasteiger partial charge in [0.2, 0.25) is 11.8 Å². The molecule has 162 valence electrons. The SMILES string of the molecule is CC(NCCCCCCCCCCNC(C)C(=O)NC(=O)O)C(=O)NC(=O)O. The van der Waals surface area contributed by atoms with Crippen molar-refractivity contribution < 1.29 is 29.4 Å². The first kappa shape index (κ1) is 25.8. The van der Waals surface area contributed by atoms with Crippen molar-refractivity contribution in [3.05, 3.63) is 0 Å². The number of carboxylic acid groups (broad SMARTS) is 2. The zero-order chi connectivity index (χ0) is 21.4. The summed E-state index contributed by atoms with van der Waals surface area (Å²) in [6, 6.07) is -1.05. The van der Waals surface area contributed by atoms with Crippen LogP contribution in [0.15, 0.2) is 0 Å². The van der Waals surface area contributed by atoms with Gasteiger partial charge in [-0.25, -0.2) is 9.59 Å². The van der Waals surface area contributed by atoms with Gasteiger partial charge in [0.15, 0.2) is 0 Å². The highest BCUT2D eigenvalue weighted by molar-refractivity contribution is 5.94. The maximum absolute atomic E-state index is 11.4. The topological polar surface area (TPSA) is 157 Å². The van der Waals surface area contributed by atoms with Gasteiger partial charge >= 0.3 is 12.2 Å². The molecule has 2 unspecified atom stereocenters. The Balaban J connectivity index is 3.42. The van der Waals surface area contributed by atoms with Crippen LogP contribution in [0.5, 0.6) is 0 Å². The van der Waals surface area contributed by atoms with Crippen molar-refractivity contribution in [3.63, 3.8) is 0 Å². The molecule has 0 saturated heterocycles. The van der Waals surface area contributed by atoms with Crippen LogP contribution in [0.25, 0.3) is 0 Å². The summed E-state index contributed by atoms with van der Waals surface area (Å²) in [5.74, 6) is -1.09. The zero-order valence-electron chi connectivity index (χ0n) is 16.8. The Labute approximate surface area is 165 Å². The molecule has 0 radical (unpaired) electrons. The fourth-order valence-corrected chi connectivity index (χ4v) is 2.56. The zero-order valence-corrected chi connectivity index (χ0v) is 16.8. The Kier molecular flexibility index (Phi) is 14.6. The monoisotopic (exact) mass is 402 g/mol. The minimum Gasteiger partial charge on any atom is -0.465 e. The Bertz CT molecular complexity index is 456. The van der Waals surface area contributed by atoms with Crippen LogP contribution in [0, 0.1) is 0 Å². The molecule has 0 aliphatic rings. The highest BCUT2D eigenvalue weighted by Crippen LogP contribution is 2.08. The van der Waals surface area contributed by atoms with E-state index < -0.39 is 36.1 Å². The van der Waals surface area contributed by atoms with Crippen molar-refractivity contribution in [1.82, 2.24) is 21.3 Å². The Morgan fingerprint density at radius 1 is 0.607 bits per heavy atom. The van der Waals surface area contributed by atoms with E-state index in [0.29, 0.717) is 13.1 Å². The standard InChI is InChI=1S/C18H34N4O6/c1-13(15(23)21-17(25)26)19-11-9-7-5-3-4-6-8-10-12-20-14(2)16(24)22-18(27)28/h13-14,19-20H,3-12H2,1-2H3,(H,21,23)(H,22,24)(H,25,26)(H,27,28). The molecular weight excluding hydrogens is 368 g/mol. The number of hydrogen-bond acceptors (Lipinski definition) is 6. The number of nitrogens with one attached hydrogen (secondary N) is 4. The summed E-state index contributed by atoms with van der Waals surface area (Å²) >= 11 is 0. The quantitative estimate of drug-likeness (QED) is 0.226. The molecule has 0 rings (SSSR count). The smallest absolute Gasteiger partial charge is 0.411 e. The van der Waals surface area contributed by atoms with Crippen LogP contribution >= 0.6 is 0 Å². The molecular formula is C18H34N4O6. The third-order valence-corrected chi connectivity index (χ3v) is 4.25. The summed E-state index contributed by atoms with van der Waals surface area (Å²) in [6.45, 7) is 4.61. The first-order valence-corrected chi connectivity index (χ1v) is 9.78.